The lowest BCUT2D eigenvalue weighted by atomic mass is 9.62. The predicted molar refractivity (Wildman–Crippen MR) is 114 cm³/mol. The highest BCUT2D eigenvalue weighted by Gasteiger charge is 2.50. The fourth-order valence-corrected chi connectivity index (χ4v) is 4.35. The van der Waals surface area contributed by atoms with E-state index in [1.807, 2.05) is 48.5 Å². The summed E-state index contributed by atoms with van der Waals surface area (Å²) in [4.78, 5) is 14.6. The van der Waals surface area contributed by atoms with E-state index in [9.17, 15) is 15.3 Å². The van der Waals surface area contributed by atoms with Gasteiger partial charge in [0.1, 0.15) is 11.9 Å². The van der Waals surface area contributed by atoms with E-state index in [4.69, 9.17) is 11.5 Å². The molecule has 0 radical (unpaired) electrons. The highest BCUT2D eigenvalue weighted by molar-refractivity contribution is 6.04. The van der Waals surface area contributed by atoms with Crippen molar-refractivity contribution < 1.29 is 4.79 Å². The van der Waals surface area contributed by atoms with Crippen molar-refractivity contribution in [3.8, 4) is 12.1 Å². The molecular formula is C24H19N5O. The quantitative estimate of drug-likeness (QED) is 0.811. The molecule has 1 aliphatic heterocycles. The van der Waals surface area contributed by atoms with E-state index in [1.54, 1.807) is 19.1 Å². The van der Waals surface area contributed by atoms with Crippen molar-refractivity contribution in [2.24, 2.45) is 16.9 Å². The topological polar surface area (TPSA) is 120 Å². The lowest BCUT2D eigenvalue weighted by Crippen LogP contribution is -2.47. The van der Waals surface area contributed by atoms with Gasteiger partial charge in [-0.05, 0) is 24.6 Å². The Kier molecular flexibility index (Phi) is 4.41. The molecule has 1 atom stereocenters. The van der Waals surface area contributed by atoms with Gasteiger partial charge in [0.05, 0.1) is 28.6 Å². The van der Waals surface area contributed by atoms with Crippen LogP contribution in [0, 0.1) is 28.1 Å². The third-order valence-electron chi connectivity index (χ3n) is 5.69. The minimum absolute atomic E-state index is 0.0105. The van der Waals surface area contributed by atoms with Crippen LogP contribution in [0.1, 0.15) is 18.9 Å². The van der Waals surface area contributed by atoms with E-state index >= 15 is 0 Å². The third-order valence-corrected chi connectivity index (χ3v) is 5.69. The summed E-state index contributed by atoms with van der Waals surface area (Å²) in [7, 11) is 0. The summed E-state index contributed by atoms with van der Waals surface area (Å²) in [6.07, 6.45) is 0.0105. The summed E-state index contributed by atoms with van der Waals surface area (Å²) in [5.41, 5.74) is 14.9. The second kappa shape index (κ2) is 6.95. The predicted octanol–water partition coefficient (Wildman–Crippen LogP) is 3.33. The number of hydrogen-bond acceptors (Lipinski definition) is 5. The van der Waals surface area contributed by atoms with Crippen molar-refractivity contribution in [2.75, 3.05) is 4.90 Å². The van der Waals surface area contributed by atoms with Crippen molar-refractivity contribution in [1.82, 2.24) is 0 Å². The van der Waals surface area contributed by atoms with Crippen LogP contribution in [0.15, 0.2) is 88.9 Å². The fraction of sp³-hybridized carbons (Fsp3) is 0.125. The maximum atomic E-state index is 13.2. The fourth-order valence-electron chi connectivity index (χ4n) is 4.35. The SMILES string of the molecule is CC12CC(=O)N(c3ccccc3)C(N)=C1C(c1ccccc1)=C(C#N)C(N)=C2C#N. The molecule has 4 rings (SSSR count). The zero-order valence-corrected chi connectivity index (χ0v) is 16.4. The molecule has 0 saturated heterocycles. The van der Waals surface area contributed by atoms with Gasteiger partial charge in [0.25, 0.3) is 0 Å². The molecule has 0 saturated carbocycles. The van der Waals surface area contributed by atoms with Crippen LogP contribution in [0.25, 0.3) is 5.57 Å². The number of amides is 1. The van der Waals surface area contributed by atoms with Crippen LogP contribution in [0.4, 0.5) is 5.69 Å². The molecule has 1 heterocycles. The molecule has 6 heteroatoms. The minimum Gasteiger partial charge on any atom is -0.397 e. The first-order valence-corrected chi connectivity index (χ1v) is 9.43. The first kappa shape index (κ1) is 19.0. The summed E-state index contributed by atoms with van der Waals surface area (Å²) in [6.45, 7) is 1.79. The number of nitrogens with zero attached hydrogens (tertiary/aromatic N) is 3. The van der Waals surface area contributed by atoms with Gasteiger partial charge in [-0.25, -0.2) is 0 Å². The number of rotatable bonds is 2. The zero-order valence-electron chi connectivity index (χ0n) is 16.4. The Morgan fingerprint density at radius 2 is 1.57 bits per heavy atom. The molecule has 4 N–H and O–H groups in total. The Balaban J connectivity index is 2.12. The Bertz CT molecular complexity index is 1230. The number of para-hydroxylation sites is 1. The smallest absolute Gasteiger partial charge is 0.233 e. The average Bonchev–Trinajstić information content (AvgIpc) is 2.74. The molecule has 2 aromatic carbocycles. The van der Waals surface area contributed by atoms with Gasteiger partial charge >= 0.3 is 0 Å². The van der Waals surface area contributed by atoms with Crippen molar-refractivity contribution in [2.45, 2.75) is 13.3 Å². The molecular weight excluding hydrogens is 374 g/mol. The Morgan fingerprint density at radius 3 is 2.13 bits per heavy atom. The van der Waals surface area contributed by atoms with Gasteiger partial charge in [-0.15, -0.1) is 0 Å². The van der Waals surface area contributed by atoms with E-state index < -0.39 is 5.41 Å². The van der Waals surface area contributed by atoms with Gasteiger partial charge in [0.2, 0.25) is 5.91 Å². The second-order valence-corrected chi connectivity index (χ2v) is 7.46. The highest BCUT2D eigenvalue weighted by Crippen LogP contribution is 2.54. The number of carbonyl (C=O) groups excluding carboxylic acids is 1. The molecule has 6 nitrogen and oxygen atoms in total. The Hall–Kier alpha value is -4.29. The van der Waals surface area contributed by atoms with Crippen molar-refractivity contribution in [3.63, 3.8) is 0 Å². The molecule has 1 amide bonds. The number of carbonyl (C=O) groups is 1. The molecule has 0 fully saturated rings. The Morgan fingerprint density at radius 1 is 0.967 bits per heavy atom. The number of nitrogens with two attached hydrogens (primary N) is 2. The summed E-state index contributed by atoms with van der Waals surface area (Å²) >= 11 is 0. The number of anilines is 1. The Labute approximate surface area is 174 Å². The van der Waals surface area contributed by atoms with E-state index in [0.717, 1.165) is 5.56 Å². The van der Waals surface area contributed by atoms with Gasteiger partial charge in [-0.1, -0.05) is 48.5 Å². The van der Waals surface area contributed by atoms with Gasteiger partial charge in [-0.2, -0.15) is 10.5 Å². The van der Waals surface area contributed by atoms with Crippen LogP contribution in [-0.2, 0) is 4.79 Å². The average molecular weight is 393 g/mol. The summed E-state index contributed by atoms with van der Waals surface area (Å²) in [5.74, 6) is -0.0369. The number of hydrogen-bond donors (Lipinski definition) is 2. The molecule has 1 unspecified atom stereocenters. The first-order chi connectivity index (χ1) is 14.4. The minimum atomic E-state index is -1.03. The van der Waals surface area contributed by atoms with E-state index in [2.05, 4.69) is 12.1 Å². The van der Waals surface area contributed by atoms with E-state index in [-0.39, 0.29) is 35.0 Å². The van der Waals surface area contributed by atoms with Crippen LogP contribution in [0.3, 0.4) is 0 Å². The van der Waals surface area contributed by atoms with Crippen LogP contribution >= 0.6 is 0 Å². The van der Waals surface area contributed by atoms with Crippen LogP contribution < -0.4 is 16.4 Å². The van der Waals surface area contributed by atoms with Gasteiger partial charge in [-0.3, -0.25) is 9.69 Å². The zero-order chi connectivity index (χ0) is 21.5. The van der Waals surface area contributed by atoms with Gasteiger partial charge in [0, 0.05) is 23.0 Å². The summed E-state index contributed by atoms with van der Waals surface area (Å²) in [6, 6.07) is 22.7. The lowest BCUT2D eigenvalue weighted by Gasteiger charge is -2.44. The number of allylic oxidation sites excluding steroid dienone is 4. The number of nitriles is 2. The third kappa shape index (κ3) is 2.59. The molecule has 30 heavy (non-hydrogen) atoms. The monoisotopic (exact) mass is 393 g/mol. The maximum Gasteiger partial charge on any atom is 0.233 e. The van der Waals surface area contributed by atoms with E-state index in [1.165, 1.54) is 4.90 Å². The van der Waals surface area contributed by atoms with Gasteiger partial charge < -0.3 is 11.5 Å². The molecule has 2 aromatic rings. The number of benzene rings is 2. The maximum absolute atomic E-state index is 13.2. The molecule has 146 valence electrons. The molecule has 0 bridgehead atoms. The standard InChI is InChI=1S/C24H19N5O/c1-24-12-19(30)29(16-10-6-3-7-11-16)23(28)21(24)20(15-8-4-2-5-9-15)17(13-25)22(27)18(24)14-26/h2-11H,12,27-28H2,1H3. The van der Waals surface area contributed by atoms with Crippen LogP contribution in [0.2, 0.25) is 0 Å². The summed E-state index contributed by atoms with van der Waals surface area (Å²) < 4.78 is 0. The van der Waals surface area contributed by atoms with Crippen molar-refractivity contribution >= 4 is 17.2 Å². The van der Waals surface area contributed by atoms with Crippen molar-refractivity contribution in [1.29, 1.82) is 10.5 Å². The molecule has 1 aliphatic carbocycles. The van der Waals surface area contributed by atoms with Gasteiger partial charge in [0.15, 0.2) is 0 Å². The second-order valence-electron chi connectivity index (χ2n) is 7.46. The van der Waals surface area contributed by atoms with Crippen molar-refractivity contribution in [3.05, 3.63) is 94.5 Å². The summed E-state index contributed by atoms with van der Waals surface area (Å²) in [5, 5.41) is 19.8. The first-order valence-electron chi connectivity index (χ1n) is 9.43. The van der Waals surface area contributed by atoms with Crippen LogP contribution in [0.5, 0.6) is 0 Å². The lowest BCUT2D eigenvalue weighted by molar-refractivity contribution is -0.119. The largest absolute Gasteiger partial charge is 0.397 e. The highest BCUT2D eigenvalue weighted by atomic mass is 16.2. The van der Waals surface area contributed by atoms with Crippen LogP contribution in [-0.4, -0.2) is 5.91 Å². The molecule has 2 aliphatic rings. The molecule has 0 aromatic heterocycles. The number of fused-ring (bicyclic) bond motifs is 1. The van der Waals surface area contributed by atoms with E-state index in [0.29, 0.717) is 16.8 Å². The normalized spacial score (nSPS) is 21.3. The molecule has 0 spiro atoms.